The highest BCUT2D eigenvalue weighted by molar-refractivity contribution is 8.00. The van der Waals surface area contributed by atoms with Gasteiger partial charge in [-0.25, -0.2) is 4.98 Å². The molecule has 2 N–H and O–H groups in total. The summed E-state index contributed by atoms with van der Waals surface area (Å²) in [6.45, 7) is 5.26. The molecular formula is C18H21N3O3S. The summed E-state index contributed by atoms with van der Waals surface area (Å²) in [6.07, 6.45) is 1.62. The second-order valence-corrected chi connectivity index (χ2v) is 7.00. The van der Waals surface area contributed by atoms with Crippen molar-refractivity contribution < 1.29 is 9.59 Å². The minimum atomic E-state index is -0.437. The Morgan fingerprint density at radius 3 is 2.56 bits per heavy atom. The fourth-order valence-electron chi connectivity index (χ4n) is 2.18. The molecule has 1 atom stereocenters. The second kappa shape index (κ2) is 8.62. The molecule has 0 aliphatic rings. The summed E-state index contributed by atoms with van der Waals surface area (Å²) in [5, 5.41) is 2.79. The van der Waals surface area contributed by atoms with Gasteiger partial charge >= 0.3 is 0 Å². The molecule has 6 nitrogen and oxygen atoms in total. The van der Waals surface area contributed by atoms with Gasteiger partial charge in [0.05, 0.1) is 5.25 Å². The fourth-order valence-corrected chi connectivity index (χ4v) is 3.01. The number of thioether (sulfide) groups is 1. The number of carbonyl (C=O) groups is 2. The molecule has 1 amide bonds. The Morgan fingerprint density at radius 1 is 1.28 bits per heavy atom. The average molecular weight is 359 g/mol. The lowest BCUT2D eigenvalue weighted by atomic mass is 10.1. The van der Waals surface area contributed by atoms with Crippen LogP contribution in [0.2, 0.25) is 0 Å². The van der Waals surface area contributed by atoms with Crippen molar-refractivity contribution >= 4 is 29.1 Å². The first-order valence-corrected chi connectivity index (χ1v) is 8.95. The van der Waals surface area contributed by atoms with Gasteiger partial charge in [-0.05, 0) is 44.5 Å². The SMILES string of the molecule is CCCc1cc(=O)[nH]c(S[C@H](C)C(=O)Nc2ccc(C(C)=O)cc2)n1. The Balaban J connectivity index is 2.02. The van der Waals surface area contributed by atoms with Crippen LogP contribution < -0.4 is 10.9 Å². The van der Waals surface area contributed by atoms with Crippen LogP contribution in [0.15, 0.2) is 40.3 Å². The highest BCUT2D eigenvalue weighted by Crippen LogP contribution is 2.20. The molecular weight excluding hydrogens is 338 g/mol. The van der Waals surface area contributed by atoms with E-state index in [0.29, 0.717) is 16.4 Å². The van der Waals surface area contributed by atoms with Crippen LogP contribution >= 0.6 is 11.8 Å². The van der Waals surface area contributed by atoms with Gasteiger partial charge in [0, 0.05) is 23.0 Å². The van der Waals surface area contributed by atoms with Gasteiger partial charge in [-0.15, -0.1) is 0 Å². The molecule has 1 heterocycles. The highest BCUT2D eigenvalue weighted by atomic mass is 32.2. The van der Waals surface area contributed by atoms with Crippen LogP contribution in [0.25, 0.3) is 0 Å². The number of carbonyl (C=O) groups excluding carboxylic acids is 2. The Bertz CT molecular complexity index is 815. The third kappa shape index (κ3) is 5.56. The molecule has 0 aliphatic carbocycles. The van der Waals surface area contributed by atoms with Crippen molar-refractivity contribution in [1.82, 2.24) is 9.97 Å². The zero-order valence-corrected chi connectivity index (χ0v) is 15.3. The number of aromatic amines is 1. The van der Waals surface area contributed by atoms with Crippen LogP contribution in [0.3, 0.4) is 0 Å². The van der Waals surface area contributed by atoms with Crippen molar-refractivity contribution in [3.05, 3.63) is 51.9 Å². The molecule has 0 bridgehead atoms. The van der Waals surface area contributed by atoms with E-state index in [4.69, 9.17) is 0 Å². The second-order valence-electron chi connectivity index (χ2n) is 5.67. The fraction of sp³-hybridized carbons (Fsp3) is 0.333. The largest absolute Gasteiger partial charge is 0.325 e. The first-order valence-electron chi connectivity index (χ1n) is 8.07. The first-order chi connectivity index (χ1) is 11.9. The number of hydrogen-bond donors (Lipinski definition) is 2. The number of ketones is 1. The number of nitrogens with one attached hydrogen (secondary N) is 2. The van der Waals surface area contributed by atoms with Crippen LogP contribution in [-0.4, -0.2) is 26.9 Å². The third-order valence-electron chi connectivity index (χ3n) is 3.50. The van der Waals surface area contributed by atoms with Gasteiger partial charge in [-0.2, -0.15) is 0 Å². The number of benzene rings is 1. The Morgan fingerprint density at radius 2 is 1.96 bits per heavy atom. The van der Waals surface area contributed by atoms with Crippen LogP contribution in [-0.2, 0) is 11.2 Å². The molecule has 7 heteroatoms. The number of aryl methyl sites for hydroxylation is 1. The Kier molecular flexibility index (Phi) is 6.52. The number of anilines is 1. The van der Waals surface area contributed by atoms with E-state index < -0.39 is 5.25 Å². The predicted molar refractivity (Wildman–Crippen MR) is 99.2 cm³/mol. The summed E-state index contributed by atoms with van der Waals surface area (Å²) in [6, 6.07) is 8.20. The van der Waals surface area contributed by atoms with Gasteiger partial charge in [0.1, 0.15) is 0 Å². The highest BCUT2D eigenvalue weighted by Gasteiger charge is 2.16. The zero-order chi connectivity index (χ0) is 18.4. The van der Waals surface area contributed by atoms with Crippen molar-refractivity contribution in [3.8, 4) is 0 Å². The average Bonchev–Trinajstić information content (AvgIpc) is 2.55. The van der Waals surface area contributed by atoms with E-state index in [1.54, 1.807) is 31.2 Å². The maximum Gasteiger partial charge on any atom is 0.251 e. The number of hydrogen-bond acceptors (Lipinski definition) is 5. The molecule has 0 fully saturated rings. The minimum Gasteiger partial charge on any atom is -0.325 e. The van der Waals surface area contributed by atoms with Crippen LogP contribution in [0, 0.1) is 0 Å². The molecule has 0 spiro atoms. The first kappa shape index (κ1) is 18.9. The lowest BCUT2D eigenvalue weighted by Crippen LogP contribution is -2.23. The summed E-state index contributed by atoms with van der Waals surface area (Å²) in [7, 11) is 0. The van der Waals surface area contributed by atoms with Crippen molar-refractivity contribution in [2.75, 3.05) is 5.32 Å². The lowest BCUT2D eigenvalue weighted by molar-refractivity contribution is -0.115. The number of rotatable bonds is 7. The number of amides is 1. The van der Waals surface area contributed by atoms with Gasteiger partial charge in [0.25, 0.3) is 5.56 Å². The molecule has 132 valence electrons. The van der Waals surface area contributed by atoms with Gasteiger partial charge in [0.15, 0.2) is 10.9 Å². The summed E-state index contributed by atoms with van der Waals surface area (Å²) >= 11 is 1.20. The van der Waals surface area contributed by atoms with Crippen LogP contribution in [0.1, 0.15) is 43.2 Å². The van der Waals surface area contributed by atoms with Crippen molar-refractivity contribution in [1.29, 1.82) is 0 Å². The van der Waals surface area contributed by atoms with Crippen molar-refractivity contribution in [3.63, 3.8) is 0 Å². The third-order valence-corrected chi connectivity index (χ3v) is 4.48. The summed E-state index contributed by atoms with van der Waals surface area (Å²) in [5.74, 6) is -0.229. The normalized spacial score (nSPS) is 11.8. The van der Waals surface area contributed by atoms with E-state index in [-0.39, 0.29) is 17.2 Å². The van der Waals surface area contributed by atoms with E-state index in [1.165, 1.54) is 24.8 Å². The van der Waals surface area contributed by atoms with Crippen LogP contribution in [0.4, 0.5) is 5.69 Å². The topological polar surface area (TPSA) is 91.9 Å². The maximum atomic E-state index is 12.3. The summed E-state index contributed by atoms with van der Waals surface area (Å²) in [5.41, 5.74) is 1.72. The molecule has 25 heavy (non-hydrogen) atoms. The molecule has 0 aliphatic heterocycles. The smallest absolute Gasteiger partial charge is 0.251 e. The number of H-pyrrole nitrogens is 1. The molecule has 0 radical (unpaired) electrons. The molecule has 0 unspecified atom stereocenters. The van der Waals surface area contributed by atoms with E-state index in [1.807, 2.05) is 6.92 Å². The van der Waals surface area contributed by atoms with E-state index in [0.717, 1.165) is 18.5 Å². The van der Waals surface area contributed by atoms with Gasteiger partial charge in [0.2, 0.25) is 5.91 Å². The van der Waals surface area contributed by atoms with Crippen molar-refractivity contribution in [2.45, 2.75) is 44.0 Å². The van der Waals surface area contributed by atoms with Gasteiger partial charge in [-0.3, -0.25) is 14.4 Å². The van der Waals surface area contributed by atoms with E-state index in [9.17, 15) is 14.4 Å². The lowest BCUT2D eigenvalue weighted by Gasteiger charge is -2.12. The molecule has 0 saturated carbocycles. The van der Waals surface area contributed by atoms with E-state index in [2.05, 4.69) is 15.3 Å². The quantitative estimate of drug-likeness (QED) is 0.450. The predicted octanol–water partition coefficient (Wildman–Crippen LogP) is 3.04. The maximum absolute atomic E-state index is 12.3. The van der Waals surface area contributed by atoms with Gasteiger partial charge < -0.3 is 10.3 Å². The van der Waals surface area contributed by atoms with Crippen LogP contribution in [0.5, 0.6) is 0 Å². The number of aromatic nitrogens is 2. The molecule has 2 rings (SSSR count). The molecule has 0 saturated heterocycles. The van der Waals surface area contributed by atoms with E-state index >= 15 is 0 Å². The monoisotopic (exact) mass is 359 g/mol. The molecule has 1 aromatic carbocycles. The molecule has 2 aromatic rings. The Hall–Kier alpha value is -2.41. The molecule has 1 aromatic heterocycles. The number of Topliss-reactive ketones (excluding diaryl/α,β-unsaturated/α-hetero) is 1. The standard InChI is InChI=1S/C18H21N3O3S/c1-4-5-15-10-16(23)21-18(20-15)25-12(3)17(24)19-14-8-6-13(7-9-14)11(2)22/h6-10,12H,4-5H2,1-3H3,(H,19,24)(H,20,21,23)/t12-/m1/s1. The number of nitrogens with zero attached hydrogens (tertiary/aromatic N) is 1. The van der Waals surface area contributed by atoms with Crippen molar-refractivity contribution in [2.24, 2.45) is 0 Å². The minimum absolute atomic E-state index is 0.0243. The summed E-state index contributed by atoms with van der Waals surface area (Å²) in [4.78, 5) is 42.3. The summed E-state index contributed by atoms with van der Waals surface area (Å²) < 4.78 is 0. The zero-order valence-electron chi connectivity index (χ0n) is 14.5. The van der Waals surface area contributed by atoms with Gasteiger partial charge in [-0.1, -0.05) is 25.1 Å². The Labute approximate surface area is 150 Å².